The molecule has 0 radical (unpaired) electrons. The Hall–Kier alpha value is -3.90. The van der Waals surface area contributed by atoms with Crippen molar-refractivity contribution in [1.82, 2.24) is 0 Å². The predicted molar refractivity (Wildman–Crippen MR) is 160 cm³/mol. The van der Waals surface area contributed by atoms with Crippen molar-refractivity contribution in [2.45, 2.75) is 46.0 Å². The summed E-state index contributed by atoms with van der Waals surface area (Å²) in [5.74, 6) is -3.20. The smallest absolute Gasteiger partial charge is 0.303 e. The van der Waals surface area contributed by atoms with E-state index in [0.717, 1.165) is 22.7 Å². The van der Waals surface area contributed by atoms with E-state index < -0.39 is 29.3 Å². The van der Waals surface area contributed by atoms with Gasteiger partial charge in [0.25, 0.3) is 0 Å². The van der Waals surface area contributed by atoms with Crippen LogP contribution in [0.25, 0.3) is 20.2 Å². The lowest BCUT2D eigenvalue weighted by atomic mass is 10.00. The summed E-state index contributed by atoms with van der Waals surface area (Å²) in [6, 6.07) is 6.10. The Morgan fingerprint density at radius 1 is 0.860 bits per heavy atom. The number of ketones is 3. The standard InChI is InChI=1S/C31H30F2O8S2/c1-15(16(2)34)10-21(36)27-11-18-24(43-27)13-22(39-3)17(29(18)32)6-5-9-41-31-23(40-4)14-25-19(30(31)33)12-26(42-25)20(35)7-8-28(37)38/h11-15H,5-10H2,1-4H3,(H,37,38)/t15-/m0/s1. The van der Waals surface area contributed by atoms with Crippen molar-refractivity contribution in [2.75, 3.05) is 20.8 Å². The van der Waals surface area contributed by atoms with E-state index in [1.165, 1.54) is 33.3 Å². The molecule has 1 atom stereocenters. The predicted octanol–water partition coefficient (Wildman–Crippen LogP) is 7.27. The van der Waals surface area contributed by atoms with Crippen LogP contribution in [0.1, 0.15) is 64.4 Å². The second kappa shape index (κ2) is 13.6. The fourth-order valence-corrected chi connectivity index (χ4v) is 6.61. The molecule has 0 bridgehead atoms. The van der Waals surface area contributed by atoms with Crippen LogP contribution in [0.2, 0.25) is 0 Å². The van der Waals surface area contributed by atoms with Gasteiger partial charge < -0.3 is 19.3 Å². The molecule has 1 N–H and O–H groups in total. The minimum absolute atomic E-state index is 0.00423. The van der Waals surface area contributed by atoms with Gasteiger partial charge in [-0.2, -0.15) is 0 Å². The van der Waals surface area contributed by atoms with Gasteiger partial charge in [0.05, 0.1) is 37.0 Å². The van der Waals surface area contributed by atoms with Crippen LogP contribution in [0.15, 0.2) is 24.3 Å². The highest BCUT2D eigenvalue weighted by Gasteiger charge is 2.23. The summed E-state index contributed by atoms with van der Waals surface area (Å²) in [4.78, 5) is 48.0. The van der Waals surface area contributed by atoms with Gasteiger partial charge in [-0.3, -0.25) is 19.2 Å². The summed E-state index contributed by atoms with van der Waals surface area (Å²) < 4.78 is 48.6. The highest BCUT2D eigenvalue weighted by molar-refractivity contribution is 7.21. The summed E-state index contributed by atoms with van der Waals surface area (Å²) in [5.41, 5.74) is 0.290. The number of halogens is 2. The van der Waals surface area contributed by atoms with E-state index >= 15 is 8.78 Å². The van der Waals surface area contributed by atoms with Gasteiger partial charge in [-0.05, 0) is 38.0 Å². The van der Waals surface area contributed by atoms with Crippen molar-refractivity contribution in [3.05, 3.63) is 51.2 Å². The number of aliphatic carboxylic acids is 1. The van der Waals surface area contributed by atoms with Crippen molar-refractivity contribution in [2.24, 2.45) is 5.92 Å². The van der Waals surface area contributed by atoms with Crippen LogP contribution in [0.4, 0.5) is 8.78 Å². The lowest BCUT2D eigenvalue weighted by molar-refractivity contribution is -0.137. The summed E-state index contributed by atoms with van der Waals surface area (Å²) in [6.45, 7) is 3.12. The number of methoxy groups -OCH3 is 2. The van der Waals surface area contributed by atoms with Crippen LogP contribution >= 0.6 is 22.7 Å². The monoisotopic (exact) mass is 632 g/mol. The summed E-state index contributed by atoms with van der Waals surface area (Å²) in [6.07, 6.45) is 0.00673. The van der Waals surface area contributed by atoms with E-state index in [0.29, 0.717) is 20.0 Å². The van der Waals surface area contributed by atoms with Crippen molar-refractivity contribution in [3.8, 4) is 17.2 Å². The summed E-state index contributed by atoms with van der Waals surface area (Å²) >= 11 is 2.18. The van der Waals surface area contributed by atoms with E-state index in [9.17, 15) is 19.2 Å². The van der Waals surface area contributed by atoms with E-state index in [1.54, 1.807) is 19.1 Å². The van der Waals surface area contributed by atoms with Gasteiger partial charge in [0.2, 0.25) is 0 Å². The Labute approximate surface area is 254 Å². The van der Waals surface area contributed by atoms with Crippen LogP contribution in [0.3, 0.4) is 0 Å². The van der Waals surface area contributed by atoms with Crippen molar-refractivity contribution >= 4 is 66.2 Å². The quantitative estimate of drug-likeness (QED) is 0.107. The van der Waals surface area contributed by atoms with Gasteiger partial charge in [0.1, 0.15) is 17.3 Å². The largest absolute Gasteiger partial charge is 0.496 e. The average molecular weight is 633 g/mol. The zero-order chi connectivity index (χ0) is 31.4. The average Bonchev–Trinajstić information content (AvgIpc) is 3.60. The second-order valence-electron chi connectivity index (χ2n) is 10.0. The number of carboxylic acids is 1. The van der Waals surface area contributed by atoms with Gasteiger partial charge in [-0.15, -0.1) is 22.7 Å². The van der Waals surface area contributed by atoms with Crippen LogP contribution < -0.4 is 14.2 Å². The van der Waals surface area contributed by atoms with Crippen LogP contribution in [-0.2, 0) is 16.0 Å². The number of carbonyl (C=O) groups excluding carboxylic acids is 3. The zero-order valence-corrected chi connectivity index (χ0v) is 25.6. The number of carboxylic acid groups (broad SMARTS) is 1. The molecule has 0 aliphatic carbocycles. The molecule has 228 valence electrons. The normalized spacial score (nSPS) is 12.0. The van der Waals surface area contributed by atoms with E-state index in [-0.39, 0.29) is 83.0 Å². The molecule has 8 nitrogen and oxygen atoms in total. The molecule has 12 heteroatoms. The third kappa shape index (κ3) is 7.02. The second-order valence-corrected chi connectivity index (χ2v) is 12.2. The number of rotatable bonds is 15. The maximum atomic E-state index is 15.6. The topological polar surface area (TPSA) is 116 Å². The first-order valence-corrected chi connectivity index (χ1v) is 15.1. The van der Waals surface area contributed by atoms with E-state index in [1.807, 2.05) is 0 Å². The SMILES string of the molecule is COc1cc2sc(C(=O)C[C@H](C)C(C)=O)cc2c(F)c1CCCOc1c(OC)cc2sc(C(=O)CCC(=O)O)cc2c1F. The fraction of sp³-hybridized carbons (Fsp3) is 0.355. The first-order chi connectivity index (χ1) is 20.4. The molecule has 0 amide bonds. The van der Waals surface area contributed by atoms with Gasteiger partial charge in [0, 0.05) is 50.6 Å². The Morgan fingerprint density at radius 2 is 1.44 bits per heavy atom. The van der Waals surface area contributed by atoms with Crippen LogP contribution in [0, 0.1) is 17.6 Å². The molecule has 2 aromatic heterocycles. The molecule has 2 aromatic carbocycles. The van der Waals surface area contributed by atoms with Crippen molar-refractivity contribution in [3.63, 3.8) is 0 Å². The Kier molecular flexibility index (Phi) is 10.1. The molecule has 0 aliphatic rings. The summed E-state index contributed by atoms with van der Waals surface area (Å²) in [7, 11) is 2.78. The Balaban J connectivity index is 1.50. The minimum atomic E-state index is -1.10. The number of Topliss-reactive ketones (excluding diaryl/α,β-unsaturated/α-hetero) is 3. The highest BCUT2D eigenvalue weighted by Crippen LogP contribution is 2.41. The molecule has 4 rings (SSSR count). The van der Waals surface area contributed by atoms with E-state index in [4.69, 9.17) is 19.3 Å². The number of hydrogen-bond acceptors (Lipinski definition) is 9. The molecule has 2 heterocycles. The number of thiophene rings is 2. The Bertz CT molecular complexity index is 1720. The van der Waals surface area contributed by atoms with E-state index in [2.05, 4.69) is 0 Å². The molecule has 4 aromatic rings. The van der Waals surface area contributed by atoms with Gasteiger partial charge >= 0.3 is 5.97 Å². The van der Waals surface area contributed by atoms with Gasteiger partial charge in [-0.1, -0.05) is 6.92 Å². The fourth-order valence-electron chi connectivity index (χ4n) is 4.52. The minimum Gasteiger partial charge on any atom is -0.496 e. The van der Waals surface area contributed by atoms with Crippen LogP contribution in [-0.4, -0.2) is 49.3 Å². The molecule has 0 spiro atoms. The number of carbonyl (C=O) groups is 4. The molecule has 0 saturated heterocycles. The van der Waals surface area contributed by atoms with Crippen molar-refractivity contribution < 1.29 is 47.3 Å². The zero-order valence-electron chi connectivity index (χ0n) is 24.0. The summed E-state index contributed by atoms with van der Waals surface area (Å²) in [5, 5.41) is 9.27. The Morgan fingerprint density at radius 3 is 2.02 bits per heavy atom. The van der Waals surface area contributed by atoms with Gasteiger partial charge in [-0.25, -0.2) is 8.78 Å². The highest BCUT2D eigenvalue weighted by atomic mass is 32.1. The number of ether oxygens (including phenoxy) is 3. The molecule has 0 fully saturated rings. The molecular weight excluding hydrogens is 602 g/mol. The third-order valence-corrected chi connectivity index (χ3v) is 9.31. The maximum Gasteiger partial charge on any atom is 0.303 e. The number of hydrogen-bond donors (Lipinski definition) is 1. The van der Waals surface area contributed by atoms with Crippen molar-refractivity contribution in [1.29, 1.82) is 0 Å². The molecule has 0 unspecified atom stereocenters. The van der Waals surface area contributed by atoms with Gasteiger partial charge in [0.15, 0.2) is 28.9 Å². The maximum absolute atomic E-state index is 15.6. The molecule has 0 aliphatic heterocycles. The first kappa shape index (κ1) is 32.0. The lowest BCUT2D eigenvalue weighted by Crippen LogP contribution is -2.11. The molecule has 0 saturated carbocycles. The third-order valence-electron chi connectivity index (χ3n) is 7.06. The van der Waals surface area contributed by atoms with Crippen LogP contribution in [0.5, 0.6) is 17.2 Å². The molecular formula is C31H30F2O8S2. The first-order valence-electron chi connectivity index (χ1n) is 13.4. The number of fused-ring (bicyclic) bond motifs is 2. The number of benzene rings is 2. The molecule has 43 heavy (non-hydrogen) atoms. The lowest BCUT2D eigenvalue weighted by Gasteiger charge is -2.14.